The van der Waals surface area contributed by atoms with Crippen molar-refractivity contribution < 1.29 is 0 Å². The van der Waals surface area contributed by atoms with Crippen molar-refractivity contribution in [3.8, 4) is 0 Å². The minimum atomic E-state index is 0.550. The fraction of sp³-hybridized carbons (Fsp3) is 0.714. The van der Waals surface area contributed by atoms with Gasteiger partial charge < -0.3 is 4.90 Å². The standard InChI is InChI=1S/C7H10ClN3S/c1-5-3-2-4-11(5)7-6(8)9-12-10-7/h5H,2-4H2,1H3. The monoisotopic (exact) mass is 203 g/mol. The van der Waals surface area contributed by atoms with Crippen LogP contribution in [0.4, 0.5) is 5.82 Å². The fourth-order valence-corrected chi connectivity index (χ4v) is 2.35. The zero-order chi connectivity index (χ0) is 8.55. The van der Waals surface area contributed by atoms with E-state index in [1.807, 2.05) is 0 Å². The zero-order valence-corrected chi connectivity index (χ0v) is 8.40. The van der Waals surface area contributed by atoms with Gasteiger partial charge in [0, 0.05) is 12.6 Å². The van der Waals surface area contributed by atoms with Crippen LogP contribution in [0.25, 0.3) is 0 Å². The van der Waals surface area contributed by atoms with E-state index in [0.717, 1.165) is 12.4 Å². The van der Waals surface area contributed by atoms with Gasteiger partial charge in [0.05, 0.1) is 11.7 Å². The molecule has 1 fully saturated rings. The van der Waals surface area contributed by atoms with E-state index in [4.69, 9.17) is 11.6 Å². The Labute approximate surface area is 80.7 Å². The molecule has 66 valence electrons. The van der Waals surface area contributed by atoms with Gasteiger partial charge in [-0.25, -0.2) is 0 Å². The summed E-state index contributed by atoms with van der Waals surface area (Å²) in [5.74, 6) is 0.867. The highest BCUT2D eigenvalue weighted by Gasteiger charge is 2.24. The molecule has 0 N–H and O–H groups in total. The van der Waals surface area contributed by atoms with Gasteiger partial charge in [0.2, 0.25) is 0 Å². The lowest BCUT2D eigenvalue weighted by atomic mass is 10.2. The van der Waals surface area contributed by atoms with Gasteiger partial charge in [-0.1, -0.05) is 11.6 Å². The van der Waals surface area contributed by atoms with Crippen LogP contribution in [-0.4, -0.2) is 21.3 Å². The SMILES string of the molecule is CC1CCCN1c1nsnc1Cl. The predicted molar refractivity (Wildman–Crippen MR) is 51.0 cm³/mol. The Kier molecular flexibility index (Phi) is 2.19. The largest absolute Gasteiger partial charge is 0.350 e. The average Bonchev–Trinajstić information content (AvgIpc) is 2.59. The quantitative estimate of drug-likeness (QED) is 0.701. The van der Waals surface area contributed by atoms with Crippen molar-refractivity contribution >= 4 is 29.1 Å². The van der Waals surface area contributed by atoms with Gasteiger partial charge in [-0.2, -0.15) is 8.75 Å². The van der Waals surface area contributed by atoms with Crippen molar-refractivity contribution in [2.75, 3.05) is 11.4 Å². The third-order valence-corrected chi connectivity index (χ3v) is 3.13. The van der Waals surface area contributed by atoms with Crippen molar-refractivity contribution in [1.82, 2.24) is 8.75 Å². The Balaban J connectivity index is 2.24. The zero-order valence-electron chi connectivity index (χ0n) is 6.83. The molecule has 0 aromatic carbocycles. The van der Waals surface area contributed by atoms with Crippen LogP contribution in [0.15, 0.2) is 0 Å². The Hall–Kier alpha value is -0.350. The highest BCUT2D eigenvalue weighted by atomic mass is 35.5. The lowest BCUT2D eigenvalue weighted by molar-refractivity contribution is 0.730. The molecule has 2 heterocycles. The number of hydrogen-bond donors (Lipinski definition) is 0. The molecule has 1 aliphatic rings. The van der Waals surface area contributed by atoms with Gasteiger partial charge in [-0.15, -0.1) is 0 Å². The maximum absolute atomic E-state index is 5.88. The van der Waals surface area contributed by atoms with E-state index in [9.17, 15) is 0 Å². The van der Waals surface area contributed by atoms with Gasteiger partial charge >= 0.3 is 0 Å². The molecule has 0 spiro atoms. The maximum Gasteiger partial charge on any atom is 0.187 e. The molecule has 0 amide bonds. The molecule has 1 saturated heterocycles. The van der Waals surface area contributed by atoms with Crippen molar-refractivity contribution in [2.45, 2.75) is 25.8 Å². The highest BCUT2D eigenvalue weighted by molar-refractivity contribution is 6.99. The van der Waals surface area contributed by atoms with Crippen LogP contribution < -0.4 is 4.90 Å². The van der Waals surface area contributed by atoms with Crippen molar-refractivity contribution in [1.29, 1.82) is 0 Å². The number of hydrogen-bond acceptors (Lipinski definition) is 4. The molecular weight excluding hydrogens is 194 g/mol. The first-order valence-corrected chi connectivity index (χ1v) is 5.14. The molecule has 5 heteroatoms. The second-order valence-electron chi connectivity index (χ2n) is 3.06. The summed E-state index contributed by atoms with van der Waals surface area (Å²) in [6.45, 7) is 3.26. The summed E-state index contributed by atoms with van der Waals surface area (Å²) in [5, 5.41) is 0.550. The minimum Gasteiger partial charge on any atom is -0.350 e. The molecule has 12 heavy (non-hydrogen) atoms. The molecule has 0 saturated carbocycles. The van der Waals surface area contributed by atoms with Crippen LogP contribution in [0.1, 0.15) is 19.8 Å². The summed E-state index contributed by atoms with van der Waals surface area (Å²) in [6.07, 6.45) is 2.46. The van der Waals surface area contributed by atoms with Crippen LogP contribution >= 0.6 is 23.3 Å². The van der Waals surface area contributed by atoms with E-state index < -0.39 is 0 Å². The van der Waals surface area contributed by atoms with E-state index >= 15 is 0 Å². The molecule has 1 atom stereocenters. The van der Waals surface area contributed by atoms with E-state index in [2.05, 4.69) is 20.6 Å². The first-order chi connectivity index (χ1) is 5.79. The van der Waals surface area contributed by atoms with E-state index in [0.29, 0.717) is 11.2 Å². The fourth-order valence-electron chi connectivity index (χ4n) is 1.59. The Morgan fingerprint density at radius 2 is 2.42 bits per heavy atom. The Morgan fingerprint density at radius 3 is 2.92 bits per heavy atom. The first kappa shape index (κ1) is 8.26. The summed E-state index contributed by atoms with van der Waals surface area (Å²) in [6, 6.07) is 0.561. The summed E-state index contributed by atoms with van der Waals surface area (Å²) in [5.41, 5.74) is 0. The summed E-state index contributed by atoms with van der Waals surface area (Å²) < 4.78 is 8.12. The van der Waals surface area contributed by atoms with Crippen LogP contribution in [0.5, 0.6) is 0 Å². The first-order valence-electron chi connectivity index (χ1n) is 4.03. The lowest BCUT2D eigenvalue weighted by Gasteiger charge is -2.20. The third kappa shape index (κ3) is 1.29. The summed E-state index contributed by atoms with van der Waals surface area (Å²) >= 11 is 7.06. The molecule has 0 radical (unpaired) electrons. The van der Waals surface area contributed by atoms with Crippen molar-refractivity contribution in [3.05, 3.63) is 5.15 Å². The smallest absolute Gasteiger partial charge is 0.187 e. The molecule has 1 aromatic rings. The Morgan fingerprint density at radius 1 is 1.58 bits per heavy atom. The van der Waals surface area contributed by atoms with Gasteiger partial charge in [-0.05, 0) is 19.8 Å². The summed E-state index contributed by atoms with van der Waals surface area (Å²) in [7, 11) is 0. The van der Waals surface area contributed by atoms with Gasteiger partial charge in [0.1, 0.15) is 0 Å². The minimum absolute atomic E-state index is 0.550. The number of rotatable bonds is 1. The predicted octanol–water partition coefficient (Wildman–Crippen LogP) is 2.18. The van der Waals surface area contributed by atoms with Crippen LogP contribution in [0.3, 0.4) is 0 Å². The topological polar surface area (TPSA) is 29.0 Å². The molecule has 0 aliphatic carbocycles. The molecule has 2 rings (SSSR count). The van der Waals surface area contributed by atoms with E-state index in [-0.39, 0.29) is 0 Å². The number of nitrogens with zero attached hydrogens (tertiary/aromatic N) is 3. The third-order valence-electron chi connectivity index (χ3n) is 2.26. The number of aromatic nitrogens is 2. The Bertz CT molecular complexity index is 275. The molecule has 1 aromatic heterocycles. The normalized spacial score (nSPS) is 23.5. The maximum atomic E-state index is 5.88. The van der Waals surface area contributed by atoms with E-state index in [1.165, 1.54) is 24.6 Å². The van der Waals surface area contributed by atoms with Gasteiger partial charge in [-0.3, -0.25) is 0 Å². The van der Waals surface area contributed by atoms with Crippen LogP contribution in [0, 0.1) is 0 Å². The van der Waals surface area contributed by atoms with Gasteiger partial charge in [0.15, 0.2) is 11.0 Å². The molecule has 1 unspecified atom stereocenters. The number of halogens is 1. The summed E-state index contributed by atoms with van der Waals surface area (Å²) in [4.78, 5) is 2.23. The molecule has 0 bridgehead atoms. The second kappa shape index (κ2) is 3.18. The highest BCUT2D eigenvalue weighted by Crippen LogP contribution is 2.29. The number of anilines is 1. The average molecular weight is 204 g/mol. The molecule has 1 aliphatic heterocycles. The van der Waals surface area contributed by atoms with Crippen molar-refractivity contribution in [2.24, 2.45) is 0 Å². The molecule has 3 nitrogen and oxygen atoms in total. The second-order valence-corrected chi connectivity index (χ2v) is 3.95. The van der Waals surface area contributed by atoms with Crippen LogP contribution in [0.2, 0.25) is 5.15 Å². The van der Waals surface area contributed by atoms with Crippen molar-refractivity contribution in [3.63, 3.8) is 0 Å². The molecular formula is C7H10ClN3S. The van der Waals surface area contributed by atoms with E-state index in [1.54, 1.807) is 0 Å². The van der Waals surface area contributed by atoms with Gasteiger partial charge in [0.25, 0.3) is 0 Å². The van der Waals surface area contributed by atoms with Crippen LogP contribution in [-0.2, 0) is 0 Å². The lowest BCUT2D eigenvalue weighted by Crippen LogP contribution is -2.26.